The van der Waals surface area contributed by atoms with Crippen molar-refractivity contribution >= 4 is 41.0 Å². The van der Waals surface area contributed by atoms with Crippen LogP contribution in [0.5, 0.6) is 17.2 Å². The molecule has 0 saturated carbocycles. The minimum absolute atomic E-state index is 0.0275. The normalized spacial score (nSPS) is 19.0. The van der Waals surface area contributed by atoms with Gasteiger partial charge in [-0.25, -0.2) is 0 Å². The molecule has 2 atom stereocenters. The first kappa shape index (κ1) is 32.6. The third kappa shape index (κ3) is 5.13. The lowest BCUT2D eigenvalue weighted by molar-refractivity contribution is 0.447. The van der Waals surface area contributed by atoms with Crippen LogP contribution >= 0.6 is 0 Å². The molecule has 3 aliphatic carbocycles. The molecule has 4 heteroatoms. The summed E-state index contributed by atoms with van der Waals surface area (Å²) in [6, 6.07) is 46.0. The molecule has 0 saturated heterocycles. The van der Waals surface area contributed by atoms with Crippen LogP contribution < -0.4 is 19.3 Å². The zero-order valence-corrected chi connectivity index (χ0v) is 31.4. The molecule has 0 N–H and O–H groups in total. The molecule has 2 unspecified atom stereocenters. The highest BCUT2D eigenvalue weighted by molar-refractivity contribution is 5.87. The van der Waals surface area contributed by atoms with E-state index in [-0.39, 0.29) is 17.5 Å². The van der Waals surface area contributed by atoms with Gasteiger partial charge in [0.25, 0.3) is 0 Å². The summed E-state index contributed by atoms with van der Waals surface area (Å²) in [7, 11) is 0. The maximum absolute atomic E-state index is 6.38. The van der Waals surface area contributed by atoms with E-state index in [0.29, 0.717) is 0 Å². The molecule has 0 aromatic heterocycles. The topological polar surface area (TPSA) is 24.9 Å². The van der Waals surface area contributed by atoms with Gasteiger partial charge in [0.2, 0.25) is 0 Å². The van der Waals surface area contributed by atoms with Crippen LogP contribution in [0.3, 0.4) is 0 Å². The molecular weight excluding hydrogens is 685 g/mol. The van der Waals surface area contributed by atoms with Crippen molar-refractivity contribution in [1.82, 2.24) is 0 Å². The molecule has 2 aliphatic heterocycles. The summed E-state index contributed by atoms with van der Waals surface area (Å²) >= 11 is 0. The highest BCUT2D eigenvalue weighted by Gasteiger charge is 2.37. The second kappa shape index (κ2) is 12.6. The second-order valence-electron chi connectivity index (χ2n) is 15.6. The summed E-state index contributed by atoms with van der Waals surface area (Å²) in [5, 5.41) is 0. The Morgan fingerprint density at radius 3 is 2.07 bits per heavy atom. The first-order chi connectivity index (χ1) is 27.5. The van der Waals surface area contributed by atoms with Crippen molar-refractivity contribution < 1.29 is 9.47 Å². The SMILES string of the molecule is CC1(C)c2cc(/C=C/c3cccc4c3C=CCC4N3c4ccccc4Oc4ccccc43)ccc2-c2ccc(N3c4ccccc4OC4=CC3C=CC=C4)cc21. The molecule has 5 aliphatic rings. The summed E-state index contributed by atoms with van der Waals surface area (Å²) < 4.78 is 12.7. The average Bonchev–Trinajstić information content (AvgIpc) is 3.41. The number of hydrogen-bond acceptors (Lipinski definition) is 4. The summed E-state index contributed by atoms with van der Waals surface area (Å²) in [6.07, 6.45) is 20.7. The van der Waals surface area contributed by atoms with E-state index < -0.39 is 0 Å². The standard InChI is InChI=1S/C52H40N2O2/c1-52(2)43-31-34(26-29-40(43)41-30-28-37(33-44(41)52)53-36-14-3-4-15-38(32-36)55-49-22-8-5-18-46(49)53)25-27-35-13-11-17-42-39(35)16-12-21-45(42)54-47-19-6-9-23-50(47)56-51-24-10-7-20-48(51)54/h3-20,22-33,36,45H,21H2,1-2H3/b27-25+. The smallest absolute Gasteiger partial charge is 0.151 e. The van der Waals surface area contributed by atoms with E-state index in [2.05, 4.69) is 181 Å². The van der Waals surface area contributed by atoms with Gasteiger partial charge in [0, 0.05) is 11.1 Å². The first-order valence-corrected chi connectivity index (χ1v) is 19.6. The Morgan fingerprint density at radius 1 is 0.625 bits per heavy atom. The van der Waals surface area contributed by atoms with Crippen molar-refractivity contribution in [2.24, 2.45) is 0 Å². The van der Waals surface area contributed by atoms with Crippen LogP contribution in [-0.2, 0) is 5.41 Å². The number of ether oxygens (including phenoxy) is 2. The number of benzene rings is 6. The maximum atomic E-state index is 6.38. The van der Waals surface area contributed by atoms with E-state index in [1.807, 2.05) is 24.3 Å². The van der Waals surface area contributed by atoms with E-state index in [4.69, 9.17) is 9.47 Å². The Bertz CT molecular complexity index is 2700. The minimum atomic E-state index is -0.180. The monoisotopic (exact) mass is 724 g/mol. The zero-order chi connectivity index (χ0) is 37.4. The van der Waals surface area contributed by atoms with Crippen molar-refractivity contribution in [2.75, 3.05) is 9.80 Å². The molecule has 2 heterocycles. The lowest BCUT2D eigenvalue weighted by Gasteiger charge is -2.40. The molecule has 56 heavy (non-hydrogen) atoms. The summed E-state index contributed by atoms with van der Waals surface area (Å²) in [5.74, 6) is 3.51. The van der Waals surface area contributed by atoms with E-state index >= 15 is 0 Å². The fraction of sp³-hybridized carbons (Fsp3) is 0.115. The average molecular weight is 725 g/mol. The van der Waals surface area contributed by atoms with Crippen molar-refractivity contribution in [1.29, 1.82) is 0 Å². The Labute approximate surface area is 328 Å². The van der Waals surface area contributed by atoms with E-state index in [0.717, 1.165) is 52.2 Å². The number of hydrogen-bond donors (Lipinski definition) is 0. The molecule has 6 aromatic rings. The number of nitrogens with zero attached hydrogens (tertiary/aromatic N) is 2. The second-order valence-corrected chi connectivity index (χ2v) is 15.6. The van der Waals surface area contributed by atoms with Gasteiger partial charge in [-0.05, 0) is 112 Å². The van der Waals surface area contributed by atoms with Crippen molar-refractivity contribution in [3.05, 3.63) is 203 Å². The first-order valence-electron chi connectivity index (χ1n) is 19.6. The molecule has 0 spiro atoms. The van der Waals surface area contributed by atoms with Crippen molar-refractivity contribution in [2.45, 2.75) is 37.8 Å². The van der Waals surface area contributed by atoms with Gasteiger partial charge in [0.15, 0.2) is 17.2 Å². The van der Waals surface area contributed by atoms with Gasteiger partial charge in [-0.15, -0.1) is 0 Å². The highest BCUT2D eigenvalue weighted by atomic mass is 16.5. The minimum Gasteiger partial charge on any atom is -0.455 e. The van der Waals surface area contributed by atoms with Crippen LogP contribution in [0.25, 0.3) is 29.4 Å². The van der Waals surface area contributed by atoms with Gasteiger partial charge < -0.3 is 19.3 Å². The fourth-order valence-corrected chi connectivity index (χ4v) is 9.35. The third-order valence-corrected chi connectivity index (χ3v) is 12.0. The van der Waals surface area contributed by atoms with Gasteiger partial charge >= 0.3 is 0 Å². The van der Waals surface area contributed by atoms with Crippen LogP contribution in [0.15, 0.2) is 170 Å². The quantitative estimate of drug-likeness (QED) is 0.169. The Morgan fingerprint density at radius 2 is 1.30 bits per heavy atom. The van der Waals surface area contributed by atoms with Crippen LogP contribution in [0.4, 0.5) is 22.7 Å². The summed E-state index contributed by atoms with van der Waals surface area (Å²) in [6.45, 7) is 4.73. The largest absolute Gasteiger partial charge is 0.455 e. The van der Waals surface area contributed by atoms with E-state index in [9.17, 15) is 0 Å². The number of para-hydroxylation sites is 6. The van der Waals surface area contributed by atoms with Crippen LogP contribution in [0.1, 0.15) is 59.7 Å². The Hall–Kier alpha value is -6.78. The van der Waals surface area contributed by atoms with Crippen LogP contribution in [0.2, 0.25) is 0 Å². The molecule has 0 amide bonds. The predicted molar refractivity (Wildman–Crippen MR) is 230 cm³/mol. The van der Waals surface area contributed by atoms with Crippen LogP contribution in [-0.4, -0.2) is 6.04 Å². The number of fused-ring (bicyclic) bond motifs is 8. The lowest BCUT2D eigenvalue weighted by Crippen LogP contribution is -2.28. The van der Waals surface area contributed by atoms with Gasteiger partial charge in [0.1, 0.15) is 5.76 Å². The van der Waals surface area contributed by atoms with Gasteiger partial charge in [-0.1, -0.05) is 135 Å². The van der Waals surface area contributed by atoms with E-state index in [1.165, 1.54) is 44.5 Å². The Balaban J connectivity index is 0.922. The lowest BCUT2D eigenvalue weighted by atomic mass is 9.81. The molecule has 6 aromatic carbocycles. The predicted octanol–water partition coefficient (Wildman–Crippen LogP) is 13.5. The van der Waals surface area contributed by atoms with E-state index in [1.54, 1.807) is 0 Å². The number of anilines is 4. The molecule has 2 bridgehead atoms. The molecule has 4 nitrogen and oxygen atoms in total. The molecular formula is C52H40N2O2. The maximum Gasteiger partial charge on any atom is 0.151 e. The summed E-state index contributed by atoms with van der Waals surface area (Å²) in [4.78, 5) is 4.86. The molecule has 270 valence electrons. The fourth-order valence-electron chi connectivity index (χ4n) is 9.35. The van der Waals surface area contributed by atoms with Gasteiger partial charge in [-0.2, -0.15) is 0 Å². The zero-order valence-electron chi connectivity index (χ0n) is 31.4. The van der Waals surface area contributed by atoms with Crippen molar-refractivity contribution in [3.8, 4) is 28.4 Å². The molecule has 0 fully saturated rings. The number of allylic oxidation sites excluding steroid dienone is 3. The van der Waals surface area contributed by atoms with Gasteiger partial charge in [-0.3, -0.25) is 0 Å². The Kier molecular flexibility index (Phi) is 7.37. The van der Waals surface area contributed by atoms with Crippen LogP contribution in [0, 0.1) is 0 Å². The highest BCUT2D eigenvalue weighted by Crippen LogP contribution is 2.53. The molecule has 0 radical (unpaired) electrons. The van der Waals surface area contributed by atoms with Gasteiger partial charge in [0.05, 0.1) is 29.1 Å². The molecule has 11 rings (SSSR count). The summed E-state index contributed by atoms with van der Waals surface area (Å²) in [5.41, 5.74) is 14.5. The van der Waals surface area contributed by atoms with Crippen molar-refractivity contribution in [3.63, 3.8) is 0 Å². The number of rotatable bonds is 4. The third-order valence-electron chi connectivity index (χ3n) is 12.0.